The first kappa shape index (κ1) is 16.9. The van der Waals surface area contributed by atoms with E-state index in [2.05, 4.69) is 5.32 Å². The number of nitrogens with one attached hydrogen (secondary N) is 1. The van der Waals surface area contributed by atoms with Gasteiger partial charge in [0.2, 0.25) is 0 Å². The molecule has 1 rings (SSSR count). The van der Waals surface area contributed by atoms with E-state index in [1.807, 2.05) is 13.8 Å². The SMILES string of the molecule is CC(C)CCNC(=O)C(C)Oc1c(F)cccc1C(=O)O. The van der Waals surface area contributed by atoms with Crippen LogP contribution < -0.4 is 10.1 Å². The summed E-state index contributed by atoms with van der Waals surface area (Å²) in [4.78, 5) is 22.8. The van der Waals surface area contributed by atoms with Gasteiger partial charge in [-0.15, -0.1) is 0 Å². The zero-order valence-electron chi connectivity index (χ0n) is 12.4. The van der Waals surface area contributed by atoms with Crippen LogP contribution in [0.5, 0.6) is 5.75 Å². The molecule has 0 aliphatic rings. The van der Waals surface area contributed by atoms with Crippen molar-refractivity contribution in [1.82, 2.24) is 5.32 Å². The lowest BCUT2D eigenvalue weighted by molar-refractivity contribution is -0.127. The molecule has 0 radical (unpaired) electrons. The molecule has 1 atom stereocenters. The third-order valence-corrected chi connectivity index (χ3v) is 2.88. The number of halogens is 1. The highest BCUT2D eigenvalue weighted by atomic mass is 19.1. The van der Waals surface area contributed by atoms with Gasteiger partial charge in [-0.1, -0.05) is 19.9 Å². The van der Waals surface area contributed by atoms with Crippen molar-refractivity contribution in [3.05, 3.63) is 29.6 Å². The van der Waals surface area contributed by atoms with Gasteiger partial charge in [-0.05, 0) is 31.4 Å². The van der Waals surface area contributed by atoms with Gasteiger partial charge in [0.15, 0.2) is 17.7 Å². The molecule has 1 aromatic rings. The Morgan fingerprint density at radius 1 is 1.33 bits per heavy atom. The van der Waals surface area contributed by atoms with Crippen molar-refractivity contribution in [2.24, 2.45) is 5.92 Å². The van der Waals surface area contributed by atoms with Crippen molar-refractivity contribution < 1.29 is 23.8 Å². The number of hydrogen-bond donors (Lipinski definition) is 2. The quantitative estimate of drug-likeness (QED) is 0.810. The summed E-state index contributed by atoms with van der Waals surface area (Å²) in [5.74, 6) is -2.49. The number of hydrogen-bond acceptors (Lipinski definition) is 3. The lowest BCUT2D eigenvalue weighted by Gasteiger charge is -2.17. The molecule has 2 N–H and O–H groups in total. The van der Waals surface area contributed by atoms with E-state index in [1.54, 1.807) is 0 Å². The number of carbonyl (C=O) groups is 2. The van der Waals surface area contributed by atoms with Gasteiger partial charge in [-0.3, -0.25) is 4.79 Å². The van der Waals surface area contributed by atoms with Crippen LogP contribution in [0.1, 0.15) is 37.6 Å². The van der Waals surface area contributed by atoms with Crippen molar-refractivity contribution in [2.75, 3.05) is 6.54 Å². The Morgan fingerprint density at radius 3 is 2.57 bits per heavy atom. The molecule has 0 fully saturated rings. The minimum absolute atomic E-state index is 0.308. The van der Waals surface area contributed by atoms with Gasteiger partial charge in [-0.25, -0.2) is 9.18 Å². The predicted octanol–water partition coefficient (Wildman–Crippen LogP) is 2.45. The van der Waals surface area contributed by atoms with Crippen molar-refractivity contribution in [2.45, 2.75) is 33.3 Å². The second-order valence-electron chi connectivity index (χ2n) is 5.16. The zero-order valence-corrected chi connectivity index (χ0v) is 12.4. The molecule has 0 aliphatic heterocycles. The predicted molar refractivity (Wildman–Crippen MR) is 75.9 cm³/mol. The molecule has 5 nitrogen and oxygen atoms in total. The Balaban J connectivity index is 2.72. The highest BCUT2D eigenvalue weighted by Gasteiger charge is 2.21. The lowest BCUT2D eigenvalue weighted by Crippen LogP contribution is -2.37. The summed E-state index contributed by atoms with van der Waals surface area (Å²) in [5.41, 5.74) is -0.308. The van der Waals surface area contributed by atoms with Crippen molar-refractivity contribution >= 4 is 11.9 Å². The monoisotopic (exact) mass is 297 g/mol. The maximum atomic E-state index is 13.7. The largest absolute Gasteiger partial charge is 0.478 e. The molecule has 1 unspecified atom stereocenters. The van der Waals surface area contributed by atoms with E-state index in [9.17, 15) is 14.0 Å². The molecule has 0 heterocycles. The van der Waals surface area contributed by atoms with E-state index >= 15 is 0 Å². The molecule has 0 aliphatic carbocycles. The summed E-state index contributed by atoms with van der Waals surface area (Å²) < 4.78 is 18.9. The summed E-state index contributed by atoms with van der Waals surface area (Å²) in [6, 6.07) is 3.59. The molecule has 0 saturated carbocycles. The van der Waals surface area contributed by atoms with Crippen LogP contribution in [-0.2, 0) is 4.79 Å². The second-order valence-corrected chi connectivity index (χ2v) is 5.16. The average Bonchev–Trinajstić information content (AvgIpc) is 2.40. The van der Waals surface area contributed by atoms with Crippen LogP contribution in [0.15, 0.2) is 18.2 Å². The van der Waals surface area contributed by atoms with Crippen LogP contribution >= 0.6 is 0 Å². The molecule has 0 saturated heterocycles. The first-order chi connectivity index (χ1) is 9.82. The van der Waals surface area contributed by atoms with Gasteiger partial charge in [0.05, 0.1) is 0 Å². The summed E-state index contributed by atoms with van der Waals surface area (Å²) in [7, 11) is 0. The molecule has 0 aromatic heterocycles. The van der Waals surface area contributed by atoms with Gasteiger partial charge < -0.3 is 15.2 Å². The molecular weight excluding hydrogens is 277 g/mol. The number of rotatable bonds is 7. The van der Waals surface area contributed by atoms with Gasteiger partial charge in [0.1, 0.15) is 5.56 Å². The minimum atomic E-state index is -1.31. The van der Waals surface area contributed by atoms with Crippen LogP contribution in [0.4, 0.5) is 4.39 Å². The Hall–Kier alpha value is -2.11. The Bertz CT molecular complexity index is 516. The van der Waals surface area contributed by atoms with Crippen LogP contribution in [0.25, 0.3) is 0 Å². The normalized spacial score (nSPS) is 12.0. The number of ether oxygens (including phenoxy) is 1. The topological polar surface area (TPSA) is 75.6 Å². The van der Waals surface area contributed by atoms with Gasteiger partial charge in [-0.2, -0.15) is 0 Å². The fourth-order valence-corrected chi connectivity index (χ4v) is 1.66. The third kappa shape index (κ3) is 5.06. The van der Waals surface area contributed by atoms with Crippen LogP contribution in [0, 0.1) is 11.7 Å². The summed E-state index contributed by atoms with van der Waals surface area (Å²) in [5, 5.41) is 11.7. The minimum Gasteiger partial charge on any atom is -0.478 e. The maximum Gasteiger partial charge on any atom is 0.339 e. The number of carboxylic acid groups (broad SMARTS) is 1. The number of aromatic carboxylic acids is 1. The van der Waals surface area contributed by atoms with Crippen LogP contribution in [0.2, 0.25) is 0 Å². The summed E-state index contributed by atoms with van der Waals surface area (Å²) in [6.45, 7) is 6.01. The first-order valence-electron chi connectivity index (χ1n) is 6.79. The summed E-state index contributed by atoms with van der Waals surface area (Å²) in [6.07, 6.45) is -0.161. The Labute approximate surface area is 123 Å². The number of amides is 1. The van der Waals surface area contributed by atoms with Crippen LogP contribution in [0.3, 0.4) is 0 Å². The maximum absolute atomic E-state index is 13.7. The molecule has 1 aromatic carbocycles. The number of carbonyl (C=O) groups excluding carboxylic acids is 1. The van der Waals surface area contributed by atoms with E-state index in [4.69, 9.17) is 9.84 Å². The van der Waals surface area contributed by atoms with Crippen molar-refractivity contribution in [1.29, 1.82) is 0 Å². The van der Waals surface area contributed by atoms with Gasteiger partial charge >= 0.3 is 5.97 Å². The smallest absolute Gasteiger partial charge is 0.339 e. The van der Waals surface area contributed by atoms with Gasteiger partial charge in [0, 0.05) is 6.54 Å². The Kier molecular flexibility index (Phi) is 6.14. The molecule has 0 bridgehead atoms. The molecule has 116 valence electrons. The van der Waals surface area contributed by atoms with Crippen LogP contribution in [-0.4, -0.2) is 29.6 Å². The number of para-hydroxylation sites is 1. The standard InChI is InChI=1S/C15H20FNO4/c1-9(2)7-8-17-14(18)10(3)21-13-11(15(19)20)5-4-6-12(13)16/h4-6,9-10H,7-8H2,1-3H3,(H,17,18)(H,19,20). The summed E-state index contributed by atoms with van der Waals surface area (Å²) >= 11 is 0. The van der Waals surface area contributed by atoms with Gasteiger partial charge in [0.25, 0.3) is 5.91 Å². The Morgan fingerprint density at radius 2 is 2.00 bits per heavy atom. The molecule has 21 heavy (non-hydrogen) atoms. The first-order valence-corrected chi connectivity index (χ1v) is 6.79. The molecule has 6 heteroatoms. The highest BCUT2D eigenvalue weighted by Crippen LogP contribution is 2.23. The van der Waals surface area contributed by atoms with E-state index in [0.717, 1.165) is 12.5 Å². The highest BCUT2D eigenvalue weighted by molar-refractivity contribution is 5.91. The molecular formula is C15H20FNO4. The van der Waals surface area contributed by atoms with E-state index in [-0.39, 0.29) is 5.56 Å². The molecule has 1 amide bonds. The van der Waals surface area contributed by atoms with E-state index in [0.29, 0.717) is 12.5 Å². The van der Waals surface area contributed by atoms with Crippen molar-refractivity contribution in [3.8, 4) is 5.75 Å². The van der Waals surface area contributed by atoms with E-state index in [1.165, 1.54) is 19.1 Å². The van der Waals surface area contributed by atoms with Crippen molar-refractivity contribution in [3.63, 3.8) is 0 Å². The average molecular weight is 297 g/mol. The third-order valence-electron chi connectivity index (χ3n) is 2.88. The zero-order chi connectivity index (χ0) is 16.0. The molecule has 0 spiro atoms. The number of benzene rings is 1. The fraction of sp³-hybridized carbons (Fsp3) is 0.467. The second kappa shape index (κ2) is 7.61. The number of carboxylic acids is 1. The lowest BCUT2D eigenvalue weighted by atomic mass is 10.1. The van der Waals surface area contributed by atoms with E-state index < -0.39 is 29.5 Å². The fourth-order valence-electron chi connectivity index (χ4n) is 1.66.